The predicted octanol–water partition coefficient (Wildman–Crippen LogP) is 1.98. The molecule has 3 rings (SSSR count). The molecule has 70 valence electrons. The third kappa shape index (κ3) is 1.05. The van der Waals surface area contributed by atoms with Crippen LogP contribution in [0, 0.1) is 0 Å². The van der Waals surface area contributed by atoms with Gasteiger partial charge in [0.2, 0.25) is 5.88 Å². The molecule has 0 amide bonds. The molecule has 0 atom stereocenters. The zero-order chi connectivity index (χ0) is 8.84. The van der Waals surface area contributed by atoms with Crippen molar-refractivity contribution in [2.24, 2.45) is 0 Å². The van der Waals surface area contributed by atoms with E-state index in [9.17, 15) is 5.11 Å². The fourth-order valence-electron chi connectivity index (χ4n) is 2.60. The van der Waals surface area contributed by atoms with E-state index in [4.69, 9.17) is 0 Å². The topological polar surface area (TPSA) is 36.4 Å². The van der Waals surface area contributed by atoms with Crippen molar-refractivity contribution in [3.05, 3.63) is 5.38 Å². The molecule has 2 saturated heterocycles. The molecule has 0 unspecified atom stereocenters. The van der Waals surface area contributed by atoms with Gasteiger partial charge in [-0.3, -0.25) is 0 Å². The largest absolute Gasteiger partial charge is 0.493 e. The zero-order valence-electron chi connectivity index (χ0n) is 7.31. The minimum Gasteiger partial charge on any atom is -0.493 e. The van der Waals surface area contributed by atoms with Crippen molar-refractivity contribution in [2.75, 3.05) is 4.90 Å². The number of nitrogens with zero attached hydrogens (tertiary/aromatic N) is 2. The van der Waals surface area contributed by atoms with E-state index in [1.807, 2.05) is 0 Å². The lowest BCUT2D eigenvalue weighted by Crippen LogP contribution is -2.27. The first-order chi connectivity index (χ1) is 6.34. The Labute approximate surface area is 81.0 Å². The Morgan fingerprint density at radius 3 is 2.38 bits per heavy atom. The van der Waals surface area contributed by atoms with E-state index in [2.05, 4.69) is 9.88 Å². The van der Waals surface area contributed by atoms with Crippen LogP contribution < -0.4 is 4.90 Å². The first kappa shape index (κ1) is 7.62. The van der Waals surface area contributed by atoms with E-state index in [1.165, 1.54) is 25.7 Å². The maximum Gasteiger partial charge on any atom is 0.223 e. The number of aromatic nitrogens is 1. The number of rotatable bonds is 1. The van der Waals surface area contributed by atoms with E-state index >= 15 is 0 Å². The van der Waals surface area contributed by atoms with E-state index in [0.717, 1.165) is 5.13 Å². The Hall–Kier alpha value is -0.770. The highest BCUT2D eigenvalue weighted by Gasteiger charge is 2.40. The summed E-state index contributed by atoms with van der Waals surface area (Å²) in [7, 11) is 0. The molecule has 0 radical (unpaired) electrons. The van der Waals surface area contributed by atoms with Crippen molar-refractivity contribution in [2.45, 2.75) is 37.8 Å². The van der Waals surface area contributed by atoms with Crippen molar-refractivity contribution >= 4 is 16.5 Å². The van der Waals surface area contributed by atoms with Gasteiger partial charge < -0.3 is 10.0 Å². The Morgan fingerprint density at radius 1 is 1.31 bits per heavy atom. The SMILES string of the molecule is Oc1csc(N2C3CCC2CC3)n1. The number of fused-ring (bicyclic) bond motifs is 2. The van der Waals surface area contributed by atoms with Crippen LogP contribution in [0.2, 0.25) is 0 Å². The Balaban J connectivity index is 1.93. The standard InChI is InChI=1S/C9H12N2OS/c12-8-5-13-9(10-8)11-6-1-2-7(11)4-3-6/h5-7,12H,1-4H2. The molecule has 2 fully saturated rings. The Morgan fingerprint density at radius 2 is 1.92 bits per heavy atom. The lowest BCUT2D eigenvalue weighted by Gasteiger charge is -2.20. The third-order valence-corrected chi connectivity index (χ3v) is 4.00. The first-order valence-electron chi connectivity index (χ1n) is 4.77. The molecule has 2 aliphatic heterocycles. The molecule has 4 heteroatoms. The van der Waals surface area contributed by atoms with Crippen LogP contribution in [0.3, 0.4) is 0 Å². The molecule has 0 saturated carbocycles. The molecule has 3 heterocycles. The molecule has 2 bridgehead atoms. The summed E-state index contributed by atoms with van der Waals surface area (Å²) < 4.78 is 0. The molecule has 1 aromatic heterocycles. The minimum absolute atomic E-state index is 0.173. The first-order valence-corrected chi connectivity index (χ1v) is 5.65. The van der Waals surface area contributed by atoms with E-state index in [-0.39, 0.29) is 5.88 Å². The quantitative estimate of drug-likeness (QED) is 0.746. The van der Waals surface area contributed by atoms with Gasteiger partial charge >= 0.3 is 0 Å². The molecule has 0 aliphatic carbocycles. The second kappa shape index (κ2) is 2.61. The molecule has 13 heavy (non-hydrogen) atoms. The van der Waals surface area contributed by atoms with Crippen molar-refractivity contribution in [1.82, 2.24) is 4.98 Å². The maximum atomic E-state index is 9.18. The van der Waals surface area contributed by atoms with Gasteiger partial charge in [-0.2, -0.15) is 4.98 Å². The molecular formula is C9H12N2OS. The highest BCUT2D eigenvalue weighted by molar-refractivity contribution is 7.13. The van der Waals surface area contributed by atoms with Gasteiger partial charge in [-0.25, -0.2) is 0 Å². The highest BCUT2D eigenvalue weighted by Crippen LogP contribution is 2.42. The van der Waals surface area contributed by atoms with Crippen molar-refractivity contribution in [3.63, 3.8) is 0 Å². The van der Waals surface area contributed by atoms with Gasteiger partial charge in [-0.05, 0) is 25.7 Å². The smallest absolute Gasteiger partial charge is 0.223 e. The van der Waals surface area contributed by atoms with Crippen LogP contribution in [0.25, 0.3) is 0 Å². The van der Waals surface area contributed by atoms with Crippen LogP contribution in [0.15, 0.2) is 5.38 Å². The fourth-order valence-corrected chi connectivity index (χ4v) is 3.43. The van der Waals surface area contributed by atoms with E-state index in [0.29, 0.717) is 12.1 Å². The summed E-state index contributed by atoms with van der Waals surface area (Å²) >= 11 is 1.56. The van der Waals surface area contributed by atoms with Gasteiger partial charge in [0.25, 0.3) is 0 Å². The van der Waals surface area contributed by atoms with Crippen LogP contribution in [0.1, 0.15) is 25.7 Å². The van der Waals surface area contributed by atoms with Crippen molar-refractivity contribution < 1.29 is 5.11 Å². The monoisotopic (exact) mass is 196 g/mol. The number of thiazole rings is 1. The molecule has 1 N–H and O–H groups in total. The molecular weight excluding hydrogens is 184 g/mol. The number of hydrogen-bond donors (Lipinski definition) is 1. The average molecular weight is 196 g/mol. The normalized spacial score (nSPS) is 31.5. The van der Waals surface area contributed by atoms with E-state index < -0.39 is 0 Å². The molecule has 1 aromatic rings. The summed E-state index contributed by atoms with van der Waals surface area (Å²) in [5.41, 5.74) is 0. The van der Waals surface area contributed by atoms with Crippen LogP contribution in [-0.2, 0) is 0 Å². The Kier molecular flexibility index (Phi) is 1.53. The van der Waals surface area contributed by atoms with Crippen LogP contribution in [-0.4, -0.2) is 22.2 Å². The summed E-state index contributed by atoms with van der Waals surface area (Å²) in [5, 5.41) is 11.9. The molecule has 3 nitrogen and oxygen atoms in total. The number of anilines is 1. The van der Waals surface area contributed by atoms with Crippen LogP contribution in [0.5, 0.6) is 5.88 Å². The summed E-state index contributed by atoms with van der Waals surface area (Å²) in [6, 6.07) is 1.41. The maximum absolute atomic E-state index is 9.18. The summed E-state index contributed by atoms with van der Waals surface area (Å²) in [6.45, 7) is 0. The van der Waals surface area contributed by atoms with Crippen LogP contribution in [0.4, 0.5) is 5.13 Å². The molecule has 0 spiro atoms. The summed E-state index contributed by atoms with van der Waals surface area (Å²) in [5.74, 6) is 0.173. The molecule has 0 aromatic carbocycles. The molecule has 2 aliphatic rings. The number of hydrogen-bond acceptors (Lipinski definition) is 4. The van der Waals surface area contributed by atoms with Gasteiger partial charge in [-0.15, -0.1) is 11.3 Å². The van der Waals surface area contributed by atoms with Crippen LogP contribution >= 0.6 is 11.3 Å². The third-order valence-electron chi connectivity index (χ3n) is 3.15. The van der Waals surface area contributed by atoms with Crippen molar-refractivity contribution in [1.29, 1.82) is 0 Å². The van der Waals surface area contributed by atoms with Gasteiger partial charge in [0.15, 0.2) is 5.13 Å². The Bertz CT molecular complexity index is 305. The van der Waals surface area contributed by atoms with Gasteiger partial charge in [0.1, 0.15) is 0 Å². The van der Waals surface area contributed by atoms with Crippen molar-refractivity contribution in [3.8, 4) is 5.88 Å². The summed E-state index contributed by atoms with van der Waals surface area (Å²) in [6.07, 6.45) is 5.24. The number of aromatic hydroxyl groups is 1. The van der Waals surface area contributed by atoms with E-state index in [1.54, 1.807) is 16.7 Å². The highest BCUT2D eigenvalue weighted by atomic mass is 32.1. The van der Waals surface area contributed by atoms with Gasteiger partial charge in [0.05, 0.1) is 5.38 Å². The average Bonchev–Trinajstić information content (AvgIpc) is 2.78. The zero-order valence-corrected chi connectivity index (χ0v) is 8.13. The predicted molar refractivity (Wildman–Crippen MR) is 52.3 cm³/mol. The summed E-state index contributed by atoms with van der Waals surface area (Å²) in [4.78, 5) is 6.54. The van der Waals surface area contributed by atoms with Gasteiger partial charge in [0, 0.05) is 12.1 Å². The minimum atomic E-state index is 0.173. The second-order valence-electron chi connectivity index (χ2n) is 3.86. The second-order valence-corrected chi connectivity index (χ2v) is 4.69. The van der Waals surface area contributed by atoms with Gasteiger partial charge in [-0.1, -0.05) is 0 Å². The lowest BCUT2D eigenvalue weighted by atomic mass is 10.0. The lowest BCUT2D eigenvalue weighted by molar-refractivity contribution is 0.457. The fraction of sp³-hybridized carbons (Fsp3) is 0.667.